The number of carbonyl (C=O) groups is 2. The Hall–Kier alpha value is -3.64. The maximum atomic E-state index is 13.9. The van der Waals surface area contributed by atoms with Crippen LogP contribution < -0.4 is 9.96 Å². The highest BCUT2D eigenvalue weighted by Crippen LogP contribution is 2.49. The fourth-order valence-electron chi connectivity index (χ4n) is 4.98. The number of carbonyl (C=O) groups excluding carboxylic acids is 2. The van der Waals surface area contributed by atoms with Crippen molar-refractivity contribution in [1.29, 1.82) is 0 Å². The monoisotopic (exact) mass is 514 g/mol. The van der Waals surface area contributed by atoms with E-state index in [0.717, 1.165) is 16.8 Å². The molecule has 178 valence electrons. The minimum absolute atomic E-state index is 0.329. The van der Waals surface area contributed by atoms with E-state index in [2.05, 4.69) is 0 Å². The molecule has 0 saturated carbocycles. The van der Waals surface area contributed by atoms with Crippen molar-refractivity contribution in [2.75, 3.05) is 9.96 Å². The normalized spacial score (nSPS) is 21.2. The van der Waals surface area contributed by atoms with E-state index in [1.807, 2.05) is 78.9 Å². The first kappa shape index (κ1) is 22.8. The number of hydrogen-bond donors (Lipinski definition) is 0. The topological polar surface area (TPSA) is 49.9 Å². The number of para-hydroxylation sites is 1. The summed E-state index contributed by atoms with van der Waals surface area (Å²) in [4.78, 5) is 35.0. The summed E-state index contributed by atoms with van der Waals surface area (Å²) in [5.74, 6) is -1.51. The highest BCUT2D eigenvalue weighted by molar-refractivity contribution is 6.35. The average molecular weight is 515 g/mol. The van der Waals surface area contributed by atoms with Crippen molar-refractivity contribution in [3.05, 3.63) is 119 Å². The molecule has 0 N–H and O–H groups in total. The van der Waals surface area contributed by atoms with Gasteiger partial charge in [-0.15, -0.1) is 0 Å². The summed E-state index contributed by atoms with van der Waals surface area (Å²) < 4.78 is 0. The van der Waals surface area contributed by atoms with Crippen molar-refractivity contribution in [2.24, 2.45) is 5.92 Å². The van der Waals surface area contributed by atoms with Gasteiger partial charge in [0.2, 0.25) is 5.91 Å². The maximum Gasteiger partial charge on any atom is 0.266 e. The van der Waals surface area contributed by atoms with Crippen LogP contribution in [0.25, 0.3) is 11.1 Å². The van der Waals surface area contributed by atoms with E-state index in [1.165, 1.54) is 4.90 Å². The standard InChI is InChI=1S/C29H20Cl2N2O3/c30-20-14-15-23(24(31)17-20)26-25-27(36-33(26)21-11-5-2-6-12-21)29(35)32(28(25)34)22-13-7-10-19(16-22)18-8-3-1-4-9-18/h1-17,25-27H/t25-,26+,27-/m0/s1. The molecular formula is C29H20Cl2N2O3. The SMILES string of the molecule is O=C1[C@@H]2[C@H](ON(c3ccccc3)[C@@H]2c2ccc(Cl)cc2Cl)C(=O)N1c1cccc(-c2ccccc2)c1. The molecule has 0 spiro atoms. The van der Waals surface area contributed by atoms with Gasteiger partial charge in [-0.25, -0.2) is 9.96 Å². The molecule has 2 aliphatic heterocycles. The van der Waals surface area contributed by atoms with Gasteiger partial charge in [-0.2, -0.15) is 0 Å². The molecule has 4 aromatic carbocycles. The van der Waals surface area contributed by atoms with Crippen molar-refractivity contribution in [3.8, 4) is 11.1 Å². The minimum atomic E-state index is -0.977. The molecule has 0 radical (unpaired) electrons. The Kier molecular flexibility index (Phi) is 5.76. The van der Waals surface area contributed by atoms with Crippen molar-refractivity contribution >= 4 is 46.4 Å². The number of hydroxylamine groups is 1. The van der Waals surface area contributed by atoms with Gasteiger partial charge in [0, 0.05) is 10.0 Å². The Balaban J connectivity index is 1.42. The van der Waals surface area contributed by atoms with Crippen molar-refractivity contribution in [1.82, 2.24) is 0 Å². The summed E-state index contributed by atoms with van der Waals surface area (Å²) in [5.41, 5.74) is 3.81. The zero-order valence-electron chi connectivity index (χ0n) is 18.9. The van der Waals surface area contributed by atoms with Gasteiger partial charge in [0.1, 0.15) is 5.92 Å². The summed E-state index contributed by atoms with van der Waals surface area (Å²) in [6, 6.07) is 31.1. The number of benzene rings is 4. The number of anilines is 2. The molecule has 5 nitrogen and oxygen atoms in total. The molecule has 0 aromatic heterocycles. The second kappa shape index (κ2) is 9.10. The summed E-state index contributed by atoms with van der Waals surface area (Å²) in [6.07, 6.45) is -0.977. The highest BCUT2D eigenvalue weighted by atomic mass is 35.5. The number of fused-ring (bicyclic) bond motifs is 1. The highest BCUT2D eigenvalue weighted by Gasteiger charge is 2.60. The van der Waals surface area contributed by atoms with Crippen LogP contribution in [0.1, 0.15) is 11.6 Å². The van der Waals surface area contributed by atoms with Crippen molar-refractivity contribution < 1.29 is 14.4 Å². The smallest absolute Gasteiger partial charge is 0.266 e. The van der Waals surface area contributed by atoms with Gasteiger partial charge in [0.05, 0.1) is 17.4 Å². The molecule has 36 heavy (non-hydrogen) atoms. The Labute approximate surface area is 218 Å². The quantitative estimate of drug-likeness (QED) is 0.284. The molecule has 4 aromatic rings. The van der Waals surface area contributed by atoms with E-state index in [0.29, 0.717) is 21.3 Å². The molecule has 2 aliphatic rings. The molecule has 0 aliphatic carbocycles. The lowest BCUT2D eigenvalue weighted by Gasteiger charge is -2.29. The van der Waals surface area contributed by atoms with E-state index in [9.17, 15) is 9.59 Å². The van der Waals surface area contributed by atoms with E-state index < -0.39 is 24.0 Å². The van der Waals surface area contributed by atoms with Gasteiger partial charge in [-0.1, -0.05) is 89.9 Å². The third-order valence-corrected chi connectivity index (χ3v) is 7.18. The van der Waals surface area contributed by atoms with Crippen LogP contribution in [-0.2, 0) is 14.4 Å². The first-order valence-corrected chi connectivity index (χ1v) is 12.3. The van der Waals surface area contributed by atoms with Gasteiger partial charge in [-0.3, -0.25) is 14.4 Å². The molecule has 2 heterocycles. The zero-order valence-corrected chi connectivity index (χ0v) is 20.4. The second-order valence-corrected chi connectivity index (χ2v) is 9.60. The lowest BCUT2D eigenvalue weighted by molar-refractivity contribution is -0.126. The summed E-state index contributed by atoms with van der Waals surface area (Å²) in [5, 5.41) is 2.51. The first-order valence-electron chi connectivity index (χ1n) is 11.5. The summed E-state index contributed by atoms with van der Waals surface area (Å²) in [6.45, 7) is 0. The number of halogens is 2. The Morgan fingerprint density at radius 1 is 0.667 bits per heavy atom. The van der Waals surface area contributed by atoms with Gasteiger partial charge >= 0.3 is 0 Å². The summed E-state index contributed by atoms with van der Waals surface area (Å²) in [7, 11) is 0. The maximum absolute atomic E-state index is 13.9. The molecular weight excluding hydrogens is 495 g/mol. The number of imide groups is 1. The van der Waals surface area contributed by atoms with E-state index in [1.54, 1.807) is 29.3 Å². The molecule has 2 saturated heterocycles. The van der Waals surface area contributed by atoms with Gasteiger partial charge in [0.25, 0.3) is 5.91 Å². The molecule has 6 rings (SSSR count). The lowest BCUT2D eigenvalue weighted by Crippen LogP contribution is -2.37. The largest absolute Gasteiger partial charge is 0.273 e. The number of rotatable bonds is 4. The van der Waals surface area contributed by atoms with Gasteiger partial charge in [0.15, 0.2) is 6.10 Å². The van der Waals surface area contributed by atoms with Crippen LogP contribution >= 0.6 is 23.2 Å². The Bertz CT molecular complexity index is 1460. The average Bonchev–Trinajstić information content (AvgIpc) is 3.41. The fourth-order valence-corrected chi connectivity index (χ4v) is 5.50. The van der Waals surface area contributed by atoms with Crippen molar-refractivity contribution in [3.63, 3.8) is 0 Å². The van der Waals surface area contributed by atoms with Crippen LogP contribution in [0.3, 0.4) is 0 Å². The van der Waals surface area contributed by atoms with Gasteiger partial charge < -0.3 is 0 Å². The predicted octanol–water partition coefficient (Wildman–Crippen LogP) is 6.71. The number of hydrogen-bond acceptors (Lipinski definition) is 4. The van der Waals surface area contributed by atoms with Crippen LogP contribution in [0, 0.1) is 5.92 Å². The lowest BCUT2D eigenvalue weighted by atomic mass is 9.90. The fraction of sp³-hybridized carbons (Fsp3) is 0.103. The van der Waals surface area contributed by atoms with E-state index in [-0.39, 0.29) is 5.91 Å². The number of amides is 2. The van der Waals surface area contributed by atoms with E-state index in [4.69, 9.17) is 28.0 Å². The van der Waals surface area contributed by atoms with Crippen molar-refractivity contribution in [2.45, 2.75) is 12.1 Å². The molecule has 0 unspecified atom stereocenters. The van der Waals surface area contributed by atoms with Crippen LogP contribution in [0.15, 0.2) is 103 Å². The second-order valence-electron chi connectivity index (χ2n) is 8.75. The molecule has 0 bridgehead atoms. The third-order valence-electron chi connectivity index (χ3n) is 6.62. The van der Waals surface area contributed by atoms with Crippen LogP contribution in [0.5, 0.6) is 0 Å². The van der Waals surface area contributed by atoms with Crippen LogP contribution in [0.4, 0.5) is 11.4 Å². The predicted molar refractivity (Wildman–Crippen MR) is 141 cm³/mol. The Morgan fingerprint density at radius 3 is 2.06 bits per heavy atom. The molecule has 2 fully saturated rings. The minimum Gasteiger partial charge on any atom is -0.273 e. The van der Waals surface area contributed by atoms with Crippen LogP contribution in [0.2, 0.25) is 10.0 Å². The molecule has 3 atom stereocenters. The Morgan fingerprint density at radius 2 is 1.33 bits per heavy atom. The first-order chi connectivity index (χ1) is 17.5. The van der Waals surface area contributed by atoms with Crippen LogP contribution in [-0.4, -0.2) is 17.9 Å². The zero-order chi connectivity index (χ0) is 24.8. The van der Waals surface area contributed by atoms with E-state index >= 15 is 0 Å². The van der Waals surface area contributed by atoms with Gasteiger partial charge in [-0.05, 0) is 53.1 Å². The number of nitrogens with zero attached hydrogens (tertiary/aromatic N) is 2. The molecule has 7 heteroatoms. The summed E-state index contributed by atoms with van der Waals surface area (Å²) >= 11 is 12.8. The molecule has 2 amide bonds. The third kappa shape index (κ3) is 3.77.